The molecule has 2 aromatic carbocycles. The minimum absolute atomic E-state index is 0.0924. The van der Waals surface area contributed by atoms with Crippen molar-refractivity contribution in [2.45, 2.75) is 31.2 Å². The standard InChI is InChI=1S/C26H28Cl3N5O3/c27-19-3-1-17(2-4-19)18(16-30-26(36)33-23-14-20(28)13-21(29)15-23)6-10-34-11-7-22(8-12-34)32-25(35)24-5-9-31-37-24/h1-5,9,13-15,18,22H,6-8,10-12,16H2,(H,32,35)(H2,30,33,36). The first kappa shape index (κ1) is 27.3. The Morgan fingerprint density at radius 1 is 1.00 bits per heavy atom. The zero-order valence-electron chi connectivity index (χ0n) is 20.1. The Kier molecular flexibility index (Phi) is 9.68. The van der Waals surface area contributed by atoms with E-state index in [4.69, 9.17) is 39.3 Å². The molecular formula is C26H28Cl3N5O3. The number of aromatic nitrogens is 1. The molecule has 2 heterocycles. The Labute approximate surface area is 230 Å². The van der Waals surface area contributed by atoms with Gasteiger partial charge in [-0.25, -0.2) is 4.79 Å². The monoisotopic (exact) mass is 563 g/mol. The van der Waals surface area contributed by atoms with Crippen LogP contribution < -0.4 is 16.0 Å². The molecule has 0 bridgehead atoms. The summed E-state index contributed by atoms with van der Waals surface area (Å²) in [7, 11) is 0. The molecule has 3 aromatic rings. The zero-order chi connectivity index (χ0) is 26.2. The van der Waals surface area contributed by atoms with Gasteiger partial charge in [0.1, 0.15) is 0 Å². The van der Waals surface area contributed by atoms with Crippen molar-refractivity contribution in [3.63, 3.8) is 0 Å². The lowest BCUT2D eigenvalue weighted by Crippen LogP contribution is -2.45. The maximum atomic E-state index is 12.6. The molecule has 4 rings (SSSR count). The Morgan fingerprint density at radius 3 is 2.35 bits per heavy atom. The topological polar surface area (TPSA) is 99.5 Å². The molecule has 8 nitrogen and oxygen atoms in total. The maximum Gasteiger partial charge on any atom is 0.319 e. The van der Waals surface area contributed by atoms with Crippen molar-refractivity contribution in [3.8, 4) is 0 Å². The third-order valence-corrected chi connectivity index (χ3v) is 7.04. The van der Waals surface area contributed by atoms with Gasteiger partial charge >= 0.3 is 6.03 Å². The number of nitrogens with one attached hydrogen (secondary N) is 3. The van der Waals surface area contributed by atoms with Crippen LogP contribution in [0, 0.1) is 0 Å². The van der Waals surface area contributed by atoms with Crippen LogP contribution in [-0.2, 0) is 0 Å². The number of rotatable bonds is 9. The summed E-state index contributed by atoms with van der Waals surface area (Å²) in [6.45, 7) is 3.06. The predicted molar refractivity (Wildman–Crippen MR) is 146 cm³/mol. The first-order valence-electron chi connectivity index (χ1n) is 12.1. The second-order valence-electron chi connectivity index (χ2n) is 9.00. The van der Waals surface area contributed by atoms with Crippen LogP contribution in [0.2, 0.25) is 15.1 Å². The fourth-order valence-corrected chi connectivity index (χ4v) is 5.02. The second kappa shape index (κ2) is 13.1. The van der Waals surface area contributed by atoms with E-state index in [1.807, 2.05) is 24.3 Å². The molecule has 0 saturated carbocycles. The number of hydrogen-bond donors (Lipinski definition) is 3. The molecule has 1 saturated heterocycles. The van der Waals surface area contributed by atoms with E-state index in [0.29, 0.717) is 27.3 Å². The van der Waals surface area contributed by atoms with Gasteiger partial charge in [0.2, 0.25) is 5.76 Å². The quantitative estimate of drug-likeness (QED) is 0.304. The van der Waals surface area contributed by atoms with Crippen LogP contribution in [0.25, 0.3) is 0 Å². The largest absolute Gasteiger partial charge is 0.351 e. The molecule has 37 heavy (non-hydrogen) atoms. The van der Waals surface area contributed by atoms with Crippen molar-refractivity contribution in [1.29, 1.82) is 0 Å². The van der Waals surface area contributed by atoms with Crippen LogP contribution in [0.4, 0.5) is 10.5 Å². The summed E-state index contributed by atoms with van der Waals surface area (Å²) in [5, 5.41) is 13.9. The fraction of sp³-hybridized carbons (Fsp3) is 0.346. The van der Waals surface area contributed by atoms with Crippen molar-refractivity contribution in [3.05, 3.63) is 81.1 Å². The number of halogens is 3. The van der Waals surface area contributed by atoms with Crippen molar-refractivity contribution in [1.82, 2.24) is 20.7 Å². The highest BCUT2D eigenvalue weighted by Crippen LogP contribution is 2.24. The number of anilines is 1. The number of carbonyl (C=O) groups excluding carboxylic acids is 2. The van der Waals surface area contributed by atoms with Gasteiger partial charge in [0.25, 0.3) is 5.91 Å². The molecular weight excluding hydrogens is 537 g/mol. The van der Waals surface area contributed by atoms with Crippen LogP contribution in [0.15, 0.2) is 59.3 Å². The van der Waals surface area contributed by atoms with Crippen LogP contribution in [0.1, 0.15) is 41.3 Å². The van der Waals surface area contributed by atoms with Gasteiger partial charge in [0.05, 0.1) is 6.20 Å². The molecule has 3 amide bonds. The van der Waals surface area contributed by atoms with E-state index in [0.717, 1.165) is 44.5 Å². The van der Waals surface area contributed by atoms with Gasteiger partial charge in [-0.15, -0.1) is 0 Å². The number of nitrogens with zero attached hydrogens (tertiary/aromatic N) is 2. The molecule has 0 spiro atoms. The highest BCUT2D eigenvalue weighted by atomic mass is 35.5. The van der Waals surface area contributed by atoms with Crippen molar-refractivity contribution in [2.24, 2.45) is 0 Å². The van der Waals surface area contributed by atoms with Gasteiger partial charge in [-0.2, -0.15) is 0 Å². The van der Waals surface area contributed by atoms with E-state index in [9.17, 15) is 9.59 Å². The van der Waals surface area contributed by atoms with Gasteiger partial charge < -0.3 is 25.4 Å². The molecule has 1 unspecified atom stereocenters. The SMILES string of the molecule is O=C(NCC(CCN1CCC(NC(=O)c2ccno2)CC1)c1ccc(Cl)cc1)Nc1cc(Cl)cc(Cl)c1. The number of urea groups is 1. The molecule has 11 heteroatoms. The van der Waals surface area contributed by atoms with Crippen molar-refractivity contribution < 1.29 is 14.1 Å². The maximum absolute atomic E-state index is 12.6. The Morgan fingerprint density at radius 2 is 1.70 bits per heavy atom. The molecule has 0 radical (unpaired) electrons. The fourth-order valence-electron chi connectivity index (χ4n) is 4.37. The molecule has 196 valence electrons. The Bertz CT molecular complexity index is 1160. The zero-order valence-corrected chi connectivity index (χ0v) is 22.3. The van der Waals surface area contributed by atoms with Gasteiger partial charge in [0, 0.05) is 58.4 Å². The Balaban J connectivity index is 1.28. The summed E-state index contributed by atoms with van der Waals surface area (Å²) in [6.07, 6.45) is 4.02. The van der Waals surface area contributed by atoms with Crippen LogP contribution in [0.5, 0.6) is 0 Å². The third-order valence-electron chi connectivity index (χ3n) is 6.35. The number of benzene rings is 2. The highest BCUT2D eigenvalue weighted by molar-refractivity contribution is 6.35. The van der Waals surface area contributed by atoms with E-state index in [-0.39, 0.29) is 29.7 Å². The average molecular weight is 565 g/mol. The molecule has 1 aromatic heterocycles. The van der Waals surface area contributed by atoms with E-state index in [1.54, 1.807) is 24.3 Å². The summed E-state index contributed by atoms with van der Waals surface area (Å²) in [5.41, 5.74) is 1.63. The summed E-state index contributed by atoms with van der Waals surface area (Å²) in [6, 6.07) is 13.9. The minimum atomic E-state index is -0.333. The number of hydrogen-bond acceptors (Lipinski definition) is 5. The van der Waals surface area contributed by atoms with Crippen molar-refractivity contribution >= 4 is 52.4 Å². The molecule has 3 N–H and O–H groups in total. The Hall–Kier alpha value is -2.78. The molecule has 1 aliphatic heterocycles. The normalized spacial score (nSPS) is 15.2. The van der Waals surface area contributed by atoms with Gasteiger partial charge in [-0.1, -0.05) is 52.1 Å². The average Bonchev–Trinajstić information content (AvgIpc) is 3.40. The van der Waals surface area contributed by atoms with Crippen LogP contribution in [-0.4, -0.2) is 54.2 Å². The lowest BCUT2D eigenvalue weighted by molar-refractivity contribution is 0.0873. The smallest absolute Gasteiger partial charge is 0.319 e. The molecule has 1 aliphatic rings. The van der Waals surface area contributed by atoms with Crippen LogP contribution >= 0.6 is 34.8 Å². The summed E-state index contributed by atoms with van der Waals surface area (Å²) in [5.74, 6) is 0.0845. The number of carbonyl (C=O) groups is 2. The van der Waals surface area contributed by atoms with Crippen molar-refractivity contribution in [2.75, 3.05) is 31.5 Å². The summed E-state index contributed by atoms with van der Waals surface area (Å²) in [4.78, 5) is 27.1. The lowest BCUT2D eigenvalue weighted by atomic mass is 9.94. The molecule has 1 atom stereocenters. The summed E-state index contributed by atoms with van der Waals surface area (Å²) < 4.78 is 4.93. The third kappa shape index (κ3) is 8.36. The van der Waals surface area contributed by atoms with E-state index in [2.05, 4.69) is 26.0 Å². The minimum Gasteiger partial charge on any atom is -0.351 e. The van der Waals surface area contributed by atoms with Gasteiger partial charge in [0.15, 0.2) is 0 Å². The van der Waals surface area contributed by atoms with E-state index >= 15 is 0 Å². The first-order chi connectivity index (χ1) is 17.9. The van der Waals surface area contributed by atoms with Gasteiger partial charge in [-0.3, -0.25) is 4.79 Å². The highest BCUT2D eigenvalue weighted by Gasteiger charge is 2.23. The molecule has 1 fully saturated rings. The molecule has 0 aliphatic carbocycles. The predicted octanol–water partition coefficient (Wildman–Crippen LogP) is 5.82. The lowest BCUT2D eigenvalue weighted by Gasteiger charge is -2.33. The number of amides is 3. The van der Waals surface area contributed by atoms with E-state index < -0.39 is 0 Å². The number of piperidine rings is 1. The first-order valence-corrected chi connectivity index (χ1v) is 13.2. The van der Waals surface area contributed by atoms with E-state index in [1.165, 1.54) is 6.20 Å². The van der Waals surface area contributed by atoms with Crippen LogP contribution in [0.3, 0.4) is 0 Å². The number of likely N-dealkylation sites (tertiary alicyclic amines) is 1. The summed E-state index contributed by atoms with van der Waals surface area (Å²) >= 11 is 18.1. The second-order valence-corrected chi connectivity index (χ2v) is 10.3. The van der Waals surface area contributed by atoms with Gasteiger partial charge in [-0.05, 0) is 61.7 Å².